The maximum absolute atomic E-state index is 12.3. The SMILES string of the molecule is CSC(C)(C)CNc1nccn(C(C)(C)C)c1=O. The first-order valence-electron chi connectivity index (χ1n) is 6.04. The van der Waals surface area contributed by atoms with E-state index in [-0.39, 0.29) is 15.8 Å². The fourth-order valence-electron chi connectivity index (χ4n) is 1.43. The summed E-state index contributed by atoms with van der Waals surface area (Å²) in [5, 5.41) is 3.15. The van der Waals surface area contributed by atoms with E-state index in [9.17, 15) is 4.79 Å². The summed E-state index contributed by atoms with van der Waals surface area (Å²) in [6.45, 7) is 11.0. The highest BCUT2D eigenvalue weighted by atomic mass is 32.2. The van der Waals surface area contributed by atoms with Gasteiger partial charge in [-0.2, -0.15) is 11.8 Å². The van der Waals surface area contributed by atoms with Crippen LogP contribution >= 0.6 is 11.8 Å². The quantitative estimate of drug-likeness (QED) is 0.912. The minimum absolute atomic E-state index is 0.0677. The van der Waals surface area contributed by atoms with Gasteiger partial charge in [-0.05, 0) is 40.9 Å². The minimum atomic E-state index is -0.231. The van der Waals surface area contributed by atoms with E-state index in [2.05, 4.69) is 30.4 Å². The molecule has 0 aromatic carbocycles. The molecule has 0 saturated carbocycles. The van der Waals surface area contributed by atoms with E-state index in [0.29, 0.717) is 12.4 Å². The van der Waals surface area contributed by atoms with Gasteiger partial charge < -0.3 is 9.88 Å². The standard InChI is InChI=1S/C13H23N3OS/c1-12(2,3)16-8-7-14-10(11(16)17)15-9-13(4,5)18-6/h7-8H,9H2,1-6H3,(H,14,15). The van der Waals surface area contributed by atoms with Gasteiger partial charge in [0.15, 0.2) is 5.82 Å². The van der Waals surface area contributed by atoms with Crippen molar-refractivity contribution in [1.29, 1.82) is 0 Å². The average molecular weight is 269 g/mol. The van der Waals surface area contributed by atoms with Crippen LogP contribution in [0.3, 0.4) is 0 Å². The third-order valence-corrected chi connectivity index (χ3v) is 4.05. The van der Waals surface area contributed by atoms with E-state index in [1.54, 1.807) is 28.7 Å². The van der Waals surface area contributed by atoms with E-state index >= 15 is 0 Å². The number of aromatic nitrogens is 2. The lowest BCUT2D eigenvalue weighted by molar-refractivity contribution is 0.383. The highest BCUT2D eigenvalue weighted by Gasteiger charge is 2.19. The zero-order valence-electron chi connectivity index (χ0n) is 12.1. The molecular formula is C13H23N3OS. The van der Waals surface area contributed by atoms with Crippen molar-refractivity contribution in [2.75, 3.05) is 18.1 Å². The zero-order chi connectivity index (χ0) is 14.0. The highest BCUT2D eigenvalue weighted by Crippen LogP contribution is 2.20. The molecule has 1 rings (SSSR count). The average Bonchev–Trinajstić information content (AvgIpc) is 2.26. The Morgan fingerprint density at radius 1 is 1.33 bits per heavy atom. The Kier molecular flexibility index (Phi) is 4.48. The molecule has 18 heavy (non-hydrogen) atoms. The van der Waals surface area contributed by atoms with Crippen LogP contribution in [0.5, 0.6) is 0 Å². The first kappa shape index (κ1) is 15.1. The molecule has 0 unspecified atom stereocenters. The normalized spacial score (nSPS) is 12.6. The maximum Gasteiger partial charge on any atom is 0.293 e. The molecule has 0 spiro atoms. The molecule has 0 bridgehead atoms. The molecule has 0 aliphatic rings. The summed E-state index contributed by atoms with van der Waals surface area (Å²) >= 11 is 1.76. The third kappa shape index (κ3) is 3.77. The Morgan fingerprint density at radius 2 is 1.94 bits per heavy atom. The minimum Gasteiger partial charge on any atom is -0.364 e. The van der Waals surface area contributed by atoms with Crippen LogP contribution in [0.1, 0.15) is 34.6 Å². The van der Waals surface area contributed by atoms with E-state index < -0.39 is 0 Å². The lowest BCUT2D eigenvalue weighted by Crippen LogP contribution is -2.36. The van der Waals surface area contributed by atoms with Crippen molar-refractivity contribution in [3.8, 4) is 0 Å². The van der Waals surface area contributed by atoms with Crippen LogP contribution in [0.4, 0.5) is 5.82 Å². The largest absolute Gasteiger partial charge is 0.364 e. The van der Waals surface area contributed by atoms with Crippen LogP contribution < -0.4 is 10.9 Å². The Labute approximate surface area is 113 Å². The van der Waals surface area contributed by atoms with Crippen molar-refractivity contribution >= 4 is 17.6 Å². The molecule has 0 radical (unpaired) electrons. The third-order valence-electron chi connectivity index (χ3n) is 2.80. The molecule has 0 fully saturated rings. The number of hydrogen-bond acceptors (Lipinski definition) is 4. The van der Waals surface area contributed by atoms with Gasteiger partial charge in [0.25, 0.3) is 5.56 Å². The lowest BCUT2D eigenvalue weighted by Gasteiger charge is -2.24. The van der Waals surface area contributed by atoms with Crippen LogP contribution in [0.25, 0.3) is 0 Å². The van der Waals surface area contributed by atoms with E-state index in [0.717, 1.165) is 0 Å². The number of hydrogen-bond donors (Lipinski definition) is 1. The fraction of sp³-hybridized carbons (Fsp3) is 0.692. The summed E-state index contributed by atoms with van der Waals surface area (Å²) in [6, 6.07) is 0. The van der Waals surface area contributed by atoms with E-state index in [4.69, 9.17) is 0 Å². The Balaban J connectivity index is 2.96. The van der Waals surface area contributed by atoms with Crippen LogP contribution in [-0.4, -0.2) is 27.1 Å². The van der Waals surface area contributed by atoms with Crippen molar-refractivity contribution in [1.82, 2.24) is 9.55 Å². The van der Waals surface area contributed by atoms with Gasteiger partial charge in [0, 0.05) is 29.2 Å². The predicted octanol–water partition coefficient (Wildman–Crippen LogP) is 2.55. The van der Waals surface area contributed by atoms with Crippen LogP contribution in [0.15, 0.2) is 17.2 Å². The Hall–Kier alpha value is -0.970. The van der Waals surface area contributed by atoms with Gasteiger partial charge in [0.2, 0.25) is 0 Å². The van der Waals surface area contributed by atoms with Crippen molar-refractivity contribution in [3.05, 3.63) is 22.7 Å². The lowest BCUT2D eigenvalue weighted by atomic mass is 10.1. The molecule has 0 aliphatic heterocycles. The summed E-state index contributed by atoms with van der Waals surface area (Å²) < 4.78 is 1.78. The number of nitrogens with one attached hydrogen (secondary N) is 1. The number of thioether (sulfide) groups is 1. The summed E-state index contributed by atoms with van der Waals surface area (Å²) in [4.78, 5) is 16.4. The smallest absolute Gasteiger partial charge is 0.293 e. The number of nitrogens with zero attached hydrogens (tertiary/aromatic N) is 2. The zero-order valence-corrected chi connectivity index (χ0v) is 12.9. The number of anilines is 1. The van der Waals surface area contributed by atoms with Crippen molar-refractivity contribution in [3.63, 3.8) is 0 Å². The number of rotatable bonds is 4. The summed E-state index contributed by atoms with van der Waals surface area (Å²) in [7, 11) is 0. The molecule has 1 N–H and O–H groups in total. The molecule has 0 aliphatic carbocycles. The molecule has 102 valence electrons. The Morgan fingerprint density at radius 3 is 2.44 bits per heavy atom. The molecule has 5 heteroatoms. The van der Waals surface area contributed by atoms with Crippen molar-refractivity contribution in [2.24, 2.45) is 0 Å². The molecule has 0 saturated heterocycles. The topological polar surface area (TPSA) is 46.9 Å². The molecule has 1 aromatic heterocycles. The summed E-state index contributed by atoms with van der Waals surface area (Å²) in [6.07, 6.45) is 5.46. The molecule has 1 aromatic rings. The monoisotopic (exact) mass is 269 g/mol. The van der Waals surface area contributed by atoms with E-state index in [1.165, 1.54) is 0 Å². The first-order valence-corrected chi connectivity index (χ1v) is 7.27. The van der Waals surface area contributed by atoms with Gasteiger partial charge in [-0.3, -0.25) is 4.79 Å². The second kappa shape index (κ2) is 5.34. The van der Waals surface area contributed by atoms with Crippen molar-refractivity contribution < 1.29 is 0 Å². The highest BCUT2D eigenvalue weighted by molar-refractivity contribution is 7.99. The van der Waals surface area contributed by atoms with Crippen LogP contribution in [0, 0.1) is 0 Å². The molecular weight excluding hydrogens is 246 g/mol. The summed E-state index contributed by atoms with van der Waals surface area (Å²) in [5.74, 6) is 0.426. The molecule has 4 nitrogen and oxygen atoms in total. The van der Waals surface area contributed by atoms with Crippen LogP contribution in [0.2, 0.25) is 0 Å². The van der Waals surface area contributed by atoms with Gasteiger partial charge in [-0.1, -0.05) is 0 Å². The van der Waals surface area contributed by atoms with Gasteiger partial charge >= 0.3 is 0 Å². The maximum atomic E-state index is 12.3. The van der Waals surface area contributed by atoms with Gasteiger partial charge in [-0.25, -0.2) is 4.98 Å². The molecule has 1 heterocycles. The molecule has 0 atom stereocenters. The predicted molar refractivity (Wildman–Crippen MR) is 79.6 cm³/mol. The Bertz CT molecular complexity index is 460. The van der Waals surface area contributed by atoms with E-state index in [1.807, 2.05) is 20.8 Å². The van der Waals surface area contributed by atoms with Gasteiger partial charge in [0.05, 0.1) is 0 Å². The fourth-order valence-corrected chi connectivity index (χ4v) is 1.65. The second-order valence-electron chi connectivity index (χ2n) is 5.94. The second-order valence-corrected chi connectivity index (χ2v) is 7.45. The van der Waals surface area contributed by atoms with Crippen molar-refractivity contribution in [2.45, 2.75) is 44.9 Å². The first-order chi connectivity index (χ1) is 8.17. The van der Waals surface area contributed by atoms with Crippen LogP contribution in [-0.2, 0) is 5.54 Å². The van der Waals surface area contributed by atoms with Gasteiger partial charge in [-0.15, -0.1) is 0 Å². The summed E-state index contributed by atoms with van der Waals surface area (Å²) in [5.41, 5.74) is -0.298. The van der Waals surface area contributed by atoms with Gasteiger partial charge in [0.1, 0.15) is 0 Å². The molecule has 0 amide bonds.